The van der Waals surface area contributed by atoms with Gasteiger partial charge in [0.05, 0.1) is 10.6 Å². The maximum absolute atomic E-state index is 12.5. The second-order valence-corrected chi connectivity index (χ2v) is 6.04. The average molecular weight is 353 g/mol. The maximum Gasteiger partial charge on any atom is 0.322 e. The first-order valence-corrected chi connectivity index (χ1v) is 8.26. The number of primary amides is 1. The zero-order valence-corrected chi connectivity index (χ0v) is 14.2. The highest BCUT2D eigenvalue weighted by atomic mass is 35.5. The lowest BCUT2D eigenvalue weighted by Gasteiger charge is -2.35. The number of unbranched alkanes of at least 4 members (excludes halogenated alkanes) is 1. The molecule has 0 saturated carbocycles. The Morgan fingerprint density at radius 2 is 2.21 bits per heavy atom. The van der Waals surface area contributed by atoms with Crippen molar-refractivity contribution in [1.29, 1.82) is 0 Å². The van der Waals surface area contributed by atoms with Crippen molar-refractivity contribution in [2.45, 2.75) is 32.2 Å². The fraction of sp³-hybridized carbons (Fsp3) is 0.438. The summed E-state index contributed by atoms with van der Waals surface area (Å²) in [6, 6.07) is 3.63. The Morgan fingerprint density at radius 3 is 2.83 bits per heavy atom. The van der Waals surface area contributed by atoms with Crippen LogP contribution in [-0.4, -0.2) is 41.9 Å². The van der Waals surface area contributed by atoms with Crippen molar-refractivity contribution in [2.24, 2.45) is 5.73 Å². The highest BCUT2D eigenvalue weighted by Crippen LogP contribution is 2.22. The van der Waals surface area contributed by atoms with Crippen molar-refractivity contribution in [3.05, 3.63) is 28.8 Å². The average Bonchev–Trinajstić information content (AvgIpc) is 2.53. The van der Waals surface area contributed by atoms with Crippen LogP contribution in [0.2, 0.25) is 5.02 Å². The lowest BCUT2D eigenvalue weighted by molar-refractivity contribution is -0.127. The zero-order valence-electron chi connectivity index (χ0n) is 13.5. The molecule has 130 valence electrons. The Bertz CT molecular complexity index is 650. The molecule has 1 aliphatic rings. The zero-order chi connectivity index (χ0) is 17.7. The molecule has 0 unspecified atom stereocenters. The summed E-state index contributed by atoms with van der Waals surface area (Å²) in [4.78, 5) is 37.3. The first kappa shape index (κ1) is 18.1. The van der Waals surface area contributed by atoms with Crippen LogP contribution in [-0.2, 0) is 4.79 Å². The molecule has 0 radical (unpaired) electrons. The molecule has 1 heterocycles. The van der Waals surface area contributed by atoms with Gasteiger partial charge in [-0.3, -0.25) is 9.59 Å². The third kappa shape index (κ3) is 4.17. The Kier molecular flexibility index (Phi) is 6.03. The van der Waals surface area contributed by atoms with E-state index in [4.69, 9.17) is 17.3 Å². The van der Waals surface area contributed by atoms with Gasteiger partial charge in [-0.05, 0) is 24.6 Å². The van der Waals surface area contributed by atoms with Crippen LogP contribution < -0.4 is 16.4 Å². The summed E-state index contributed by atoms with van der Waals surface area (Å²) in [5, 5.41) is 5.67. The highest BCUT2D eigenvalue weighted by Gasteiger charge is 2.32. The van der Waals surface area contributed by atoms with Crippen LogP contribution >= 0.6 is 11.6 Å². The van der Waals surface area contributed by atoms with Crippen molar-refractivity contribution >= 4 is 35.1 Å². The molecule has 8 heteroatoms. The molecule has 2 rings (SSSR count). The van der Waals surface area contributed by atoms with E-state index in [0.29, 0.717) is 25.2 Å². The number of halogens is 1. The van der Waals surface area contributed by atoms with Gasteiger partial charge in [0.15, 0.2) is 0 Å². The molecule has 1 aliphatic heterocycles. The summed E-state index contributed by atoms with van der Waals surface area (Å²) in [7, 11) is 0. The van der Waals surface area contributed by atoms with Gasteiger partial charge in [0.2, 0.25) is 11.8 Å². The number of rotatable bonds is 5. The predicted molar refractivity (Wildman–Crippen MR) is 92.0 cm³/mol. The monoisotopic (exact) mass is 352 g/mol. The van der Waals surface area contributed by atoms with Gasteiger partial charge in [-0.15, -0.1) is 0 Å². The third-order valence-electron chi connectivity index (χ3n) is 3.91. The van der Waals surface area contributed by atoms with Gasteiger partial charge >= 0.3 is 6.03 Å². The number of nitrogens with zero attached hydrogens (tertiary/aromatic N) is 1. The summed E-state index contributed by atoms with van der Waals surface area (Å²) in [5.74, 6) is -0.767. The van der Waals surface area contributed by atoms with E-state index in [1.807, 2.05) is 6.92 Å². The van der Waals surface area contributed by atoms with Crippen LogP contribution in [0.3, 0.4) is 0 Å². The fourth-order valence-corrected chi connectivity index (χ4v) is 2.90. The van der Waals surface area contributed by atoms with E-state index >= 15 is 0 Å². The number of carbonyl (C=O) groups is 3. The largest absolute Gasteiger partial charge is 0.366 e. The van der Waals surface area contributed by atoms with Crippen molar-refractivity contribution < 1.29 is 14.4 Å². The summed E-state index contributed by atoms with van der Waals surface area (Å²) in [6.45, 7) is 2.91. The van der Waals surface area contributed by atoms with Gasteiger partial charge in [-0.1, -0.05) is 31.4 Å². The van der Waals surface area contributed by atoms with Crippen LogP contribution in [0.4, 0.5) is 10.5 Å². The molecule has 0 spiro atoms. The Labute approximate surface area is 145 Å². The second kappa shape index (κ2) is 8.01. The van der Waals surface area contributed by atoms with Crippen molar-refractivity contribution in [1.82, 2.24) is 10.2 Å². The van der Waals surface area contributed by atoms with Crippen molar-refractivity contribution in [3.8, 4) is 0 Å². The van der Waals surface area contributed by atoms with Crippen LogP contribution in [0, 0.1) is 0 Å². The number of urea groups is 1. The number of benzene rings is 1. The Morgan fingerprint density at radius 1 is 1.46 bits per heavy atom. The summed E-state index contributed by atoms with van der Waals surface area (Å²) in [5.41, 5.74) is 5.83. The topological polar surface area (TPSA) is 105 Å². The van der Waals surface area contributed by atoms with Gasteiger partial charge in [0, 0.05) is 18.8 Å². The first-order chi connectivity index (χ1) is 11.4. The highest BCUT2D eigenvalue weighted by molar-refractivity contribution is 6.34. The molecular formula is C16H21ClN4O3. The van der Waals surface area contributed by atoms with E-state index in [1.54, 1.807) is 6.07 Å². The fourth-order valence-electron chi connectivity index (χ4n) is 2.63. The lowest BCUT2D eigenvalue weighted by Crippen LogP contribution is -2.58. The van der Waals surface area contributed by atoms with Gasteiger partial charge in [-0.2, -0.15) is 0 Å². The molecule has 1 aromatic carbocycles. The molecular weight excluding hydrogens is 332 g/mol. The number of hydrogen-bond donors (Lipinski definition) is 3. The van der Waals surface area contributed by atoms with Gasteiger partial charge < -0.3 is 21.3 Å². The molecule has 1 aromatic rings. The van der Waals surface area contributed by atoms with Gasteiger partial charge in [0.25, 0.3) is 0 Å². The minimum absolute atomic E-state index is 0.132. The summed E-state index contributed by atoms with van der Waals surface area (Å²) >= 11 is 5.98. The Balaban J connectivity index is 2.11. The van der Waals surface area contributed by atoms with E-state index in [9.17, 15) is 14.4 Å². The minimum Gasteiger partial charge on any atom is -0.366 e. The van der Waals surface area contributed by atoms with Crippen LogP contribution in [0.5, 0.6) is 0 Å². The van der Waals surface area contributed by atoms with E-state index in [0.717, 1.165) is 12.8 Å². The number of carbonyl (C=O) groups excluding carboxylic acids is 3. The SMILES string of the molecule is CCCC[C@@H]1C(=O)NCCN1C(=O)Nc1ccc(C(N)=O)c(Cl)c1. The predicted octanol–water partition coefficient (Wildman–Crippen LogP) is 1.96. The standard InChI is InChI=1S/C16H21ClN4O3/c1-2-3-4-13-15(23)19-7-8-21(13)16(24)20-10-5-6-11(14(18)22)12(17)9-10/h5-6,9,13H,2-4,7-8H2,1H3,(H2,18,22)(H,19,23)(H,20,24)/t13-/m1/s1. The van der Waals surface area contributed by atoms with Crippen LogP contribution in [0.1, 0.15) is 36.5 Å². The van der Waals surface area contributed by atoms with E-state index in [1.165, 1.54) is 17.0 Å². The number of hydrogen-bond acceptors (Lipinski definition) is 3. The third-order valence-corrected chi connectivity index (χ3v) is 4.22. The quantitative estimate of drug-likeness (QED) is 0.754. The van der Waals surface area contributed by atoms with Crippen molar-refractivity contribution in [3.63, 3.8) is 0 Å². The first-order valence-electron chi connectivity index (χ1n) is 7.88. The molecule has 7 nitrogen and oxygen atoms in total. The summed E-state index contributed by atoms with van der Waals surface area (Å²) < 4.78 is 0. The normalized spacial score (nSPS) is 17.3. The Hall–Kier alpha value is -2.28. The molecule has 24 heavy (non-hydrogen) atoms. The maximum atomic E-state index is 12.5. The number of nitrogens with two attached hydrogens (primary N) is 1. The molecule has 4 amide bonds. The second-order valence-electron chi connectivity index (χ2n) is 5.63. The molecule has 0 bridgehead atoms. The number of amides is 4. The van der Waals surface area contributed by atoms with Gasteiger partial charge in [-0.25, -0.2) is 4.79 Å². The molecule has 1 atom stereocenters. The molecule has 0 aliphatic carbocycles. The van der Waals surface area contributed by atoms with E-state index in [-0.39, 0.29) is 22.5 Å². The number of piperazine rings is 1. The lowest BCUT2D eigenvalue weighted by atomic mass is 10.1. The smallest absolute Gasteiger partial charge is 0.322 e. The van der Waals surface area contributed by atoms with E-state index in [2.05, 4.69) is 10.6 Å². The molecule has 1 fully saturated rings. The molecule has 1 saturated heterocycles. The minimum atomic E-state index is -0.634. The van der Waals surface area contributed by atoms with Gasteiger partial charge in [0.1, 0.15) is 6.04 Å². The molecule has 4 N–H and O–H groups in total. The number of nitrogens with one attached hydrogen (secondary N) is 2. The van der Waals surface area contributed by atoms with Crippen LogP contribution in [0.25, 0.3) is 0 Å². The van der Waals surface area contributed by atoms with Crippen molar-refractivity contribution in [2.75, 3.05) is 18.4 Å². The number of anilines is 1. The summed E-state index contributed by atoms with van der Waals surface area (Å²) in [6.07, 6.45) is 2.43. The van der Waals surface area contributed by atoms with Crippen LogP contribution in [0.15, 0.2) is 18.2 Å². The van der Waals surface area contributed by atoms with E-state index < -0.39 is 11.9 Å². The molecule has 0 aromatic heterocycles.